The Kier molecular flexibility index (Phi) is 3.47. The molecule has 0 spiro atoms. The van der Waals surface area contributed by atoms with Crippen LogP contribution in [0.1, 0.15) is 24.0 Å². The van der Waals surface area contributed by atoms with Crippen LogP contribution in [0.15, 0.2) is 54.7 Å². The van der Waals surface area contributed by atoms with Gasteiger partial charge < -0.3 is 4.74 Å². The van der Waals surface area contributed by atoms with E-state index in [0.717, 1.165) is 11.1 Å². The molecule has 1 aliphatic rings. The molecule has 0 radical (unpaired) electrons. The molecule has 0 saturated heterocycles. The number of aryl methyl sites for hydroxylation is 1. The highest BCUT2D eigenvalue weighted by Gasteiger charge is 2.17. The first-order valence-corrected chi connectivity index (χ1v) is 5.92. The first-order valence-electron chi connectivity index (χ1n) is 5.92. The van der Waals surface area contributed by atoms with Crippen molar-refractivity contribution >= 4 is 5.97 Å². The predicted molar refractivity (Wildman–Crippen MR) is 72.6 cm³/mol. The third kappa shape index (κ3) is 2.43. The van der Waals surface area contributed by atoms with Crippen molar-refractivity contribution in [3.05, 3.63) is 65.8 Å². The zero-order valence-electron chi connectivity index (χ0n) is 10.6. The molecular formula is C16H16O2. The van der Waals surface area contributed by atoms with E-state index in [1.807, 2.05) is 37.3 Å². The second kappa shape index (κ2) is 5.05. The Morgan fingerprint density at radius 1 is 1.28 bits per heavy atom. The summed E-state index contributed by atoms with van der Waals surface area (Å²) >= 11 is 0. The molecule has 0 atom stereocenters. The van der Waals surface area contributed by atoms with E-state index < -0.39 is 0 Å². The van der Waals surface area contributed by atoms with Gasteiger partial charge in [0.2, 0.25) is 0 Å². The van der Waals surface area contributed by atoms with Gasteiger partial charge in [-0.3, -0.25) is 0 Å². The van der Waals surface area contributed by atoms with Crippen LogP contribution in [0, 0.1) is 6.92 Å². The number of allylic oxidation sites excluding steroid dienone is 4. The van der Waals surface area contributed by atoms with Crippen molar-refractivity contribution in [1.29, 1.82) is 0 Å². The summed E-state index contributed by atoms with van der Waals surface area (Å²) in [5, 5.41) is 0. The number of hydrogen-bond donors (Lipinski definition) is 0. The van der Waals surface area contributed by atoms with Crippen LogP contribution in [0.3, 0.4) is 0 Å². The summed E-state index contributed by atoms with van der Waals surface area (Å²) in [6, 6.07) is 5.73. The van der Waals surface area contributed by atoms with Crippen molar-refractivity contribution in [3.8, 4) is 5.75 Å². The molecule has 0 saturated carbocycles. The maximum absolute atomic E-state index is 11.6. The van der Waals surface area contributed by atoms with Gasteiger partial charge in [0.1, 0.15) is 5.75 Å². The molecule has 2 heteroatoms. The molecule has 1 aliphatic carbocycles. The number of esters is 1. The minimum atomic E-state index is -0.382. The van der Waals surface area contributed by atoms with Gasteiger partial charge in [0.05, 0.1) is 0 Å². The molecule has 92 valence electrons. The average Bonchev–Trinajstić information content (AvgIpc) is 2.82. The lowest BCUT2D eigenvalue weighted by molar-refractivity contribution is -0.130. The van der Waals surface area contributed by atoms with Crippen LogP contribution in [-0.4, -0.2) is 5.97 Å². The van der Waals surface area contributed by atoms with Gasteiger partial charge in [-0.1, -0.05) is 43.0 Å². The first kappa shape index (κ1) is 12.4. The second-order valence-corrected chi connectivity index (χ2v) is 4.45. The Balaban J connectivity index is 2.38. The highest BCUT2D eigenvalue weighted by molar-refractivity contribution is 5.89. The molecule has 0 aliphatic heterocycles. The SMILES string of the molecule is C=C(C)C(=O)Oc1cccc(C)c1C1C=CC=C1. The average molecular weight is 240 g/mol. The van der Waals surface area contributed by atoms with Crippen molar-refractivity contribution < 1.29 is 9.53 Å². The molecular weight excluding hydrogens is 224 g/mol. The minimum absolute atomic E-state index is 0.180. The van der Waals surface area contributed by atoms with Crippen LogP contribution < -0.4 is 4.74 Å². The Labute approximate surface area is 107 Å². The highest BCUT2D eigenvalue weighted by Crippen LogP contribution is 2.34. The number of carbonyl (C=O) groups is 1. The van der Waals surface area contributed by atoms with Gasteiger partial charge in [-0.05, 0) is 25.5 Å². The monoisotopic (exact) mass is 240 g/mol. The maximum Gasteiger partial charge on any atom is 0.338 e. The summed E-state index contributed by atoms with van der Waals surface area (Å²) < 4.78 is 5.39. The van der Waals surface area contributed by atoms with Crippen LogP contribution in [0.25, 0.3) is 0 Å². The number of carbonyl (C=O) groups excluding carboxylic acids is 1. The molecule has 1 aromatic rings. The molecule has 2 rings (SSSR count). The van der Waals surface area contributed by atoms with E-state index in [2.05, 4.69) is 18.7 Å². The van der Waals surface area contributed by atoms with Crippen LogP contribution in [-0.2, 0) is 4.79 Å². The molecule has 1 aromatic carbocycles. The lowest BCUT2D eigenvalue weighted by atomic mass is 9.95. The molecule has 0 heterocycles. The van der Waals surface area contributed by atoms with Gasteiger partial charge in [-0.15, -0.1) is 0 Å². The molecule has 0 N–H and O–H groups in total. The van der Waals surface area contributed by atoms with Crippen molar-refractivity contribution in [3.63, 3.8) is 0 Å². The number of hydrogen-bond acceptors (Lipinski definition) is 2. The first-order chi connectivity index (χ1) is 8.59. The largest absolute Gasteiger partial charge is 0.423 e. The van der Waals surface area contributed by atoms with Gasteiger partial charge in [0.15, 0.2) is 0 Å². The minimum Gasteiger partial charge on any atom is -0.423 e. The fraction of sp³-hybridized carbons (Fsp3) is 0.188. The van der Waals surface area contributed by atoms with Crippen LogP contribution in [0.5, 0.6) is 5.75 Å². The van der Waals surface area contributed by atoms with Crippen LogP contribution >= 0.6 is 0 Å². The van der Waals surface area contributed by atoms with Crippen molar-refractivity contribution in [1.82, 2.24) is 0 Å². The number of rotatable bonds is 3. The number of benzene rings is 1. The van der Waals surface area contributed by atoms with E-state index in [0.29, 0.717) is 11.3 Å². The van der Waals surface area contributed by atoms with Gasteiger partial charge in [-0.25, -0.2) is 4.79 Å². The lowest BCUT2D eigenvalue weighted by Gasteiger charge is -2.15. The normalized spacial score (nSPS) is 13.9. The Morgan fingerprint density at radius 2 is 1.94 bits per heavy atom. The van der Waals surface area contributed by atoms with Crippen molar-refractivity contribution in [2.24, 2.45) is 0 Å². The quantitative estimate of drug-likeness (QED) is 0.457. The number of ether oxygens (including phenoxy) is 1. The summed E-state index contributed by atoms with van der Waals surface area (Å²) in [4.78, 5) is 11.6. The topological polar surface area (TPSA) is 26.3 Å². The molecule has 18 heavy (non-hydrogen) atoms. The zero-order chi connectivity index (χ0) is 13.1. The van der Waals surface area contributed by atoms with E-state index in [1.165, 1.54) is 0 Å². The Morgan fingerprint density at radius 3 is 2.56 bits per heavy atom. The zero-order valence-corrected chi connectivity index (χ0v) is 10.6. The third-order valence-corrected chi connectivity index (χ3v) is 2.92. The highest BCUT2D eigenvalue weighted by atomic mass is 16.5. The van der Waals surface area contributed by atoms with E-state index in [-0.39, 0.29) is 11.9 Å². The van der Waals surface area contributed by atoms with Crippen molar-refractivity contribution in [2.45, 2.75) is 19.8 Å². The van der Waals surface area contributed by atoms with E-state index >= 15 is 0 Å². The third-order valence-electron chi connectivity index (χ3n) is 2.92. The molecule has 2 nitrogen and oxygen atoms in total. The van der Waals surface area contributed by atoms with E-state index in [1.54, 1.807) is 6.92 Å². The molecule has 0 aromatic heterocycles. The molecule has 0 unspecified atom stereocenters. The van der Waals surface area contributed by atoms with Gasteiger partial charge >= 0.3 is 5.97 Å². The summed E-state index contributed by atoms with van der Waals surface area (Å²) in [5.41, 5.74) is 2.56. The second-order valence-electron chi connectivity index (χ2n) is 4.45. The summed E-state index contributed by atoms with van der Waals surface area (Å²) in [7, 11) is 0. The van der Waals surface area contributed by atoms with Crippen LogP contribution in [0.2, 0.25) is 0 Å². The van der Waals surface area contributed by atoms with Gasteiger partial charge in [-0.2, -0.15) is 0 Å². The molecule has 0 fully saturated rings. The standard InChI is InChI=1S/C16H16O2/c1-11(2)16(17)18-14-10-6-7-12(3)15(14)13-8-4-5-9-13/h4-10,13H,1H2,2-3H3. The van der Waals surface area contributed by atoms with E-state index in [4.69, 9.17) is 4.74 Å². The fourth-order valence-electron chi connectivity index (χ4n) is 1.98. The summed E-state index contributed by atoms with van der Waals surface area (Å²) in [5.74, 6) is 0.413. The maximum atomic E-state index is 11.6. The smallest absolute Gasteiger partial charge is 0.338 e. The van der Waals surface area contributed by atoms with E-state index in [9.17, 15) is 4.79 Å². The molecule has 0 amide bonds. The Bertz CT molecular complexity index is 538. The molecule has 0 bridgehead atoms. The lowest BCUT2D eigenvalue weighted by Crippen LogP contribution is -2.11. The van der Waals surface area contributed by atoms with Gasteiger partial charge in [0, 0.05) is 17.1 Å². The summed E-state index contributed by atoms with van der Waals surface area (Å²) in [6.07, 6.45) is 8.17. The van der Waals surface area contributed by atoms with Crippen LogP contribution in [0.4, 0.5) is 0 Å². The summed E-state index contributed by atoms with van der Waals surface area (Å²) in [6.45, 7) is 7.27. The van der Waals surface area contributed by atoms with Crippen molar-refractivity contribution in [2.75, 3.05) is 0 Å². The fourth-order valence-corrected chi connectivity index (χ4v) is 1.98. The van der Waals surface area contributed by atoms with Gasteiger partial charge in [0.25, 0.3) is 0 Å². The Hall–Kier alpha value is -2.09. The predicted octanol–water partition coefficient (Wildman–Crippen LogP) is 3.69.